The second-order valence-electron chi connectivity index (χ2n) is 12.5. The quantitative estimate of drug-likeness (QED) is 0.398. The molecule has 4 saturated carbocycles. The maximum absolute atomic E-state index is 12.2. The van der Waals surface area contributed by atoms with E-state index < -0.39 is 15.9 Å². The van der Waals surface area contributed by atoms with E-state index in [4.69, 9.17) is 4.55 Å². The number of fused-ring (bicyclic) bond motifs is 5. The Labute approximate surface area is 205 Å². The summed E-state index contributed by atoms with van der Waals surface area (Å²) in [5, 5.41) is 24.5. The zero-order valence-corrected chi connectivity index (χ0v) is 21.9. The lowest BCUT2D eigenvalue weighted by atomic mass is 9.43. The van der Waals surface area contributed by atoms with E-state index in [1.54, 1.807) is 0 Å². The van der Waals surface area contributed by atoms with Gasteiger partial charge in [-0.25, -0.2) is 0 Å². The first-order chi connectivity index (χ1) is 15.9. The number of rotatable bonds is 7. The molecule has 0 heterocycles. The summed E-state index contributed by atoms with van der Waals surface area (Å²) < 4.78 is 30.5. The van der Waals surface area contributed by atoms with Crippen molar-refractivity contribution in [1.82, 2.24) is 5.32 Å². The van der Waals surface area contributed by atoms with Crippen molar-refractivity contribution in [2.24, 2.45) is 46.3 Å². The molecule has 4 aliphatic carbocycles. The van der Waals surface area contributed by atoms with Crippen LogP contribution in [0.3, 0.4) is 0 Å². The third-order valence-corrected chi connectivity index (χ3v) is 11.7. The lowest BCUT2D eigenvalue weighted by molar-refractivity contribution is -0.174. The molecule has 0 bridgehead atoms. The van der Waals surface area contributed by atoms with Crippen LogP contribution in [0.5, 0.6) is 0 Å². The highest BCUT2D eigenvalue weighted by Crippen LogP contribution is 2.68. The maximum atomic E-state index is 12.2. The molecule has 8 heteroatoms. The Morgan fingerprint density at radius 3 is 2.50 bits per heavy atom. The minimum Gasteiger partial charge on any atom is -0.393 e. The zero-order valence-electron chi connectivity index (χ0n) is 21.1. The van der Waals surface area contributed by atoms with Crippen molar-refractivity contribution in [3.05, 3.63) is 0 Å². The second kappa shape index (κ2) is 9.64. The molecule has 4 rings (SSSR count). The van der Waals surface area contributed by atoms with Crippen molar-refractivity contribution in [2.45, 2.75) is 97.2 Å². The SMILES string of the molecule is C[C@H](CCC(=O)NCCS(=O)(=O)O)[C@@H]1CC[C@H]2[C@@H]3CC[C@@H]4C[C@@H](O)CC[C@@]4(C)[C@H]3C[C@@H](O)[C@@]21C. The van der Waals surface area contributed by atoms with Gasteiger partial charge in [-0.3, -0.25) is 9.35 Å². The molecule has 10 atom stereocenters. The molecule has 0 aromatic heterocycles. The lowest BCUT2D eigenvalue weighted by Crippen LogP contribution is -2.58. The molecule has 1 amide bonds. The Bertz CT molecular complexity index is 863. The average Bonchev–Trinajstić information content (AvgIpc) is 3.11. The van der Waals surface area contributed by atoms with Crippen molar-refractivity contribution in [3.63, 3.8) is 0 Å². The topological polar surface area (TPSA) is 124 Å². The van der Waals surface area contributed by atoms with Crippen molar-refractivity contribution < 1.29 is 28.0 Å². The van der Waals surface area contributed by atoms with Gasteiger partial charge in [0.05, 0.1) is 18.0 Å². The van der Waals surface area contributed by atoms with Crippen molar-refractivity contribution in [1.29, 1.82) is 0 Å². The Balaban J connectivity index is 1.40. The van der Waals surface area contributed by atoms with Gasteiger partial charge in [0.1, 0.15) is 0 Å². The fraction of sp³-hybridized carbons (Fsp3) is 0.962. The summed E-state index contributed by atoms with van der Waals surface area (Å²) in [5.41, 5.74) is 0.105. The fourth-order valence-corrected chi connectivity index (χ4v) is 9.49. The van der Waals surface area contributed by atoms with Gasteiger partial charge in [0.25, 0.3) is 10.1 Å². The van der Waals surface area contributed by atoms with Crippen LogP contribution in [0.25, 0.3) is 0 Å². The van der Waals surface area contributed by atoms with Crippen LogP contribution in [0.4, 0.5) is 0 Å². The highest BCUT2D eigenvalue weighted by molar-refractivity contribution is 7.85. The standard InChI is InChI=1S/C26H45NO6S/c1-16(4-9-24(30)27-12-13-34(31,32)33)20-7-8-21-19-6-5-17-14-18(28)10-11-25(17,2)22(19)15-23(29)26(20,21)3/h16-23,28-29H,4-15H2,1-3H3,(H,27,30)(H,31,32,33)/t16-,17-,18+,19+,20+,21+,22+,23-,25-,26-/m1/s1. The summed E-state index contributed by atoms with van der Waals surface area (Å²) >= 11 is 0. The third kappa shape index (κ3) is 4.81. The van der Waals surface area contributed by atoms with E-state index in [1.807, 2.05) is 0 Å². The number of carbonyl (C=O) groups is 1. The van der Waals surface area contributed by atoms with Gasteiger partial charge in [0, 0.05) is 13.0 Å². The first kappa shape index (κ1) is 26.4. The van der Waals surface area contributed by atoms with Crippen LogP contribution >= 0.6 is 0 Å². The molecule has 0 saturated heterocycles. The number of amides is 1. The van der Waals surface area contributed by atoms with Crippen LogP contribution in [-0.4, -0.2) is 53.6 Å². The summed E-state index contributed by atoms with van der Waals surface area (Å²) in [5.74, 6) is 2.28. The molecule has 7 nitrogen and oxygen atoms in total. The maximum Gasteiger partial charge on any atom is 0.266 e. The molecule has 34 heavy (non-hydrogen) atoms. The Morgan fingerprint density at radius 2 is 1.79 bits per heavy atom. The highest BCUT2D eigenvalue weighted by atomic mass is 32.2. The molecular weight excluding hydrogens is 454 g/mol. The Kier molecular flexibility index (Phi) is 7.47. The molecule has 0 aliphatic heterocycles. The zero-order chi connectivity index (χ0) is 24.9. The van der Waals surface area contributed by atoms with Crippen LogP contribution in [0.2, 0.25) is 0 Å². The minimum atomic E-state index is -4.07. The normalized spacial score (nSPS) is 45.1. The lowest BCUT2D eigenvalue weighted by Gasteiger charge is -2.62. The summed E-state index contributed by atoms with van der Waals surface area (Å²) in [7, 11) is -4.07. The molecular formula is C26H45NO6S. The molecule has 0 radical (unpaired) electrons. The second-order valence-corrected chi connectivity index (χ2v) is 14.1. The van der Waals surface area contributed by atoms with Crippen LogP contribution in [-0.2, 0) is 14.9 Å². The van der Waals surface area contributed by atoms with Gasteiger partial charge < -0.3 is 15.5 Å². The largest absolute Gasteiger partial charge is 0.393 e. The monoisotopic (exact) mass is 499 g/mol. The fourth-order valence-electron chi connectivity index (χ4n) is 9.13. The molecule has 4 aliphatic rings. The number of nitrogens with one attached hydrogen (secondary N) is 1. The summed E-state index contributed by atoms with van der Waals surface area (Å²) in [6, 6.07) is 0. The third-order valence-electron chi connectivity index (χ3n) is 11.0. The summed E-state index contributed by atoms with van der Waals surface area (Å²) in [4.78, 5) is 12.2. The van der Waals surface area contributed by atoms with E-state index in [1.165, 1.54) is 12.8 Å². The first-order valence-electron chi connectivity index (χ1n) is 13.4. The van der Waals surface area contributed by atoms with Gasteiger partial charge in [0.15, 0.2) is 0 Å². The molecule has 0 aromatic rings. The Hall–Kier alpha value is -0.700. The van der Waals surface area contributed by atoms with Gasteiger partial charge in [-0.2, -0.15) is 8.42 Å². The Morgan fingerprint density at radius 1 is 1.06 bits per heavy atom. The average molecular weight is 500 g/mol. The van der Waals surface area contributed by atoms with Gasteiger partial charge >= 0.3 is 0 Å². The van der Waals surface area contributed by atoms with Crippen molar-refractivity contribution in [3.8, 4) is 0 Å². The van der Waals surface area contributed by atoms with E-state index in [2.05, 4.69) is 26.1 Å². The molecule has 0 unspecified atom stereocenters. The molecule has 4 N–H and O–H groups in total. The predicted molar refractivity (Wildman–Crippen MR) is 130 cm³/mol. The smallest absolute Gasteiger partial charge is 0.266 e. The van der Waals surface area contributed by atoms with E-state index in [-0.39, 0.29) is 35.5 Å². The van der Waals surface area contributed by atoms with Crippen LogP contribution < -0.4 is 5.32 Å². The number of hydrogen-bond donors (Lipinski definition) is 4. The number of hydrogen-bond acceptors (Lipinski definition) is 5. The van der Waals surface area contributed by atoms with Crippen LogP contribution in [0, 0.1) is 46.3 Å². The van der Waals surface area contributed by atoms with Gasteiger partial charge in [-0.1, -0.05) is 20.8 Å². The van der Waals surface area contributed by atoms with Gasteiger partial charge in [-0.15, -0.1) is 0 Å². The molecule has 4 fully saturated rings. The summed E-state index contributed by atoms with van der Waals surface area (Å²) in [6.45, 7) is 6.86. The highest BCUT2D eigenvalue weighted by Gasteiger charge is 2.63. The van der Waals surface area contributed by atoms with Crippen molar-refractivity contribution in [2.75, 3.05) is 12.3 Å². The number of aliphatic hydroxyl groups is 2. The minimum absolute atomic E-state index is 0.0756. The van der Waals surface area contributed by atoms with E-state index in [0.717, 1.165) is 38.5 Å². The summed E-state index contributed by atoms with van der Waals surface area (Å²) in [6.07, 6.45) is 8.93. The van der Waals surface area contributed by atoms with Crippen LogP contribution in [0.1, 0.15) is 85.0 Å². The first-order valence-corrected chi connectivity index (χ1v) is 15.0. The van der Waals surface area contributed by atoms with Gasteiger partial charge in [-0.05, 0) is 104 Å². The van der Waals surface area contributed by atoms with E-state index in [0.29, 0.717) is 48.3 Å². The molecule has 196 valence electrons. The van der Waals surface area contributed by atoms with Crippen LogP contribution in [0.15, 0.2) is 0 Å². The predicted octanol–water partition coefficient (Wildman–Crippen LogP) is 3.40. The van der Waals surface area contributed by atoms with Crippen molar-refractivity contribution >= 4 is 16.0 Å². The van der Waals surface area contributed by atoms with E-state index >= 15 is 0 Å². The number of aliphatic hydroxyl groups excluding tert-OH is 2. The number of carbonyl (C=O) groups excluding carboxylic acids is 1. The molecule has 0 aromatic carbocycles. The van der Waals surface area contributed by atoms with Gasteiger partial charge in [0.2, 0.25) is 5.91 Å². The molecule has 0 spiro atoms. The van der Waals surface area contributed by atoms with E-state index in [9.17, 15) is 23.4 Å².